The van der Waals surface area contributed by atoms with Crippen molar-refractivity contribution in [2.45, 2.75) is 45.6 Å². The van der Waals surface area contributed by atoms with Gasteiger partial charge in [-0.25, -0.2) is 4.79 Å². The van der Waals surface area contributed by atoms with E-state index < -0.39 is 0 Å². The van der Waals surface area contributed by atoms with Gasteiger partial charge in [0.15, 0.2) is 0 Å². The minimum Gasteiger partial charge on any atom is -0.491 e. The highest BCUT2D eigenvalue weighted by Gasteiger charge is 2.17. The smallest absolute Gasteiger partial charge is 0.328 e. The van der Waals surface area contributed by atoms with Crippen molar-refractivity contribution in [3.63, 3.8) is 0 Å². The van der Waals surface area contributed by atoms with Crippen molar-refractivity contribution in [3.8, 4) is 5.75 Å². The fraction of sp³-hybridized carbons (Fsp3) is 0.450. The van der Waals surface area contributed by atoms with E-state index in [1.807, 2.05) is 25.1 Å². The van der Waals surface area contributed by atoms with E-state index in [2.05, 4.69) is 9.97 Å². The van der Waals surface area contributed by atoms with E-state index in [-0.39, 0.29) is 11.2 Å². The zero-order valence-electron chi connectivity index (χ0n) is 15.0. The van der Waals surface area contributed by atoms with E-state index in [0.717, 1.165) is 5.39 Å². The Hall–Kier alpha value is -2.63. The average molecular weight is 353 g/mol. The summed E-state index contributed by atoms with van der Waals surface area (Å²) in [4.78, 5) is 32.3. The molecule has 1 N–H and O–H groups in total. The number of pyridine rings is 1. The molecule has 1 fully saturated rings. The minimum absolute atomic E-state index is 0.294. The van der Waals surface area contributed by atoms with Crippen LogP contribution in [0.1, 0.15) is 39.0 Å². The first-order chi connectivity index (χ1) is 12.7. The van der Waals surface area contributed by atoms with Crippen LogP contribution in [0.5, 0.6) is 5.75 Å². The van der Waals surface area contributed by atoms with E-state index >= 15 is 0 Å². The molecule has 136 valence electrons. The van der Waals surface area contributed by atoms with Crippen LogP contribution < -0.4 is 16.0 Å². The molecular weight excluding hydrogens is 330 g/mol. The highest BCUT2D eigenvalue weighted by molar-refractivity contribution is 6.04. The van der Waals surface area contributed by atoms with Crippen LogP contribution in [0.2, 0.25) is 0 Å². The molecule has 26 heavy (non-hydrogen) atoms. The third-order valence-corrected chi connectivity index (χ3v) is 5.21. The largest absolute Gasteiger partial charge is 0.491 e. The number of hydrogen-bond donors (Lipinski definition) is 1. The van der Waals surface area contributed by atoms with Crippen molar-refractivity contribution in [3.05, 3.63) is 45.2 Å². The molecule has 6 heteroatoms. The summed E-state index contributed by atoms with van der Waals surface area (Å²) in [5.41, 5.74) is 0.538. The third kappa shape index (κ3) is 2.89. The number of nitrogens with zero attached hydrogens (tertiary/aromatic N) is 2. The number of ether oxygens (including phenoxy) is 1. The molecular formula is C20H23N3O3. The van der Waals surface area contributed by atoms with Crippen molar-refractivity contribution in [1.82, 2.24) is 14.5 Å². The van der Waals surface area contributed by atoms with Crippen LogP contribution >= 0.6 is 0 Å². The Kier molecular flexibility index (Phi) is 4.49. The first-order valence-corrected chi connectivity index (χ1v) is 9.36. The third-order valence-electron chi connectivity index (χ3n) is 5.21. The molecule has 1 saturated carbocycles. The predicted molar refractivity (Wildman–Crippen MR) is 102 cm³/mol. The second-order valence-corrected chi connectivity index (χ2v) is 7.05. The van der Waals surface area contributed by atoms with Gasteiger partial charge < -0.3 is 9.72 Å². The zero-order chi connectivity index (χ0) is 18.1. The first-order valence-electron chi connectivity index (χ1n) is 9.36. The molecule has 0 aliphatic heterocycles. The normalized spacial score (nSPS) is 15.1. The molecule has 3 aromatic rings. The number of rotatable bonds is 5. The Morgan fingerprint density at radius 2 is 2.04 bits per heavy atom. The summed E-state index contributed by atoms with van der Waals surface area (Å²) in [6.45, 7) is 3.02. The summed E-state index contributed by atoms with van der Waals surface area (Å²) in [6, 6.07) is 5.64. The molecule has 1 aliphatic rings. The van der Waals surface area contributed by atoms with Crippen molar-refractivity contribution in [1.29, 1.82) is 0 Å². The van der Waals surface area contributed by atoms with Gasteiger partial charge in [0.05, 0.1) is 17.5 Å². The maximum atomic E-state index is 12.6. The van der Waals surface area contributed by atoms with Crippen molar-refractivity contribution in [2.75, 3.05) is 6.61 Å². The van der Waals surface area contributed by atoms with Gasteiger partial charge in [-0.15, -0.1) is 0 Å². The molecule has 4 rings (SSSR count). The van der Waals surface area contributed by atoms with Gasteiger partial charge in [-0.1, -0.05) is 31.9 Å². The lowest BCUT2D eigenvalue weighted by atomic mass is 10.1. The summed E-state index contributed by atoms with van der Waals surface area (Å²) >= 11 is 0. The first kappa shape index (κ1) is 16.8. The molecule has 0 atom stereocenters. The topological polar surface area (TPSA) is 77.0 Å². The molecule has 0 saturated heterocycles. The number of para-hydroxylation sites is 1. The van der Waals surface area contributed by atoms with Gasteiger partial charge in [0.25, 0.3) is 5.56 Å². The molecule has 2 heterocycles. The van der Waals surface area contributed by atoms with Crippen LogP contribution in [0.15, 0.2) is 34.0 Å². The quantitative estimate of drug-likeness (QED) is 0.715. The maximum absolute atomic E-state index is 12.6. The van der Waals surface area contributed by atoms with Gasteiger partial charge in [-0.3, -0.25) is 14.3 Å². The van der Waals surface area contributed by atoms with E-state index in [9.17, 15) is 9.59 Å². The number of aromatic amines is 1. The van der Waals surface area contributed by atoms with Crippen molar-refractivity contribution >= 4 is 21.8 Å². The minimum atomic E-state index is -0.380. The fourth-order valence-corrected chi connectivity index (χ4v) is 3.83. The number of H-pyrrole nitrogens is 1. The maximum Gasteiger partial charge on any atom is 0.328 e. The monoisotopic (exact) mass is 353 g/mol. The number of fused-ring (bicyclic) bond motifs is 3. The molecule has 0 spiro atoms. The number of aromatic nitrogens is 3. The SMILES string of the molecule is CCCn1c(=O)[nH]c2c(cnc3c(OCC4CCCC4)cccc32)c1=O. The van der Waals surface area contributed by atoms with Crippen LogP contribution in [0.3, 0.4) is 0 Å². The van der Waals surface area contributed by atoms with Crippen LogP contribution in [0.25, 0.3) is 21.8 Å². The van der Waals surface area contributed by atoms with Gasteiger partial charge in [0.1, 0.15) is 11.3 Å². The second kappa shape index (κ2) is 6.94. The molecule has 1 aliphatic carbocycles. The molecule has 0 radical (unpaired) electrons. The van der Waals surface area contributed by atoms with E-state index in [1.165, 1.54) is 30.3 Å². The van der Waals surface area contributed by atoms with E-state index in [4.69, 9.17) is 4.74 Å². The fourth-order valence-electron chi connectivity index (χ4n) is 3.83. The van der Waals surface area contributed by atoms with E-state index in [0.29, 0.717) is 47.7 Å². The number of hydrogen-bond acceptors (Lipinski definition) is 4. The van der Waals surface area contributed by atoms with Gasteiger partial charge >= 0.3 is 5.69 Å². The molecule has 0 unspecified atom stereocenters. The highest BCUT2D eigenvalue weighted by atomic mass is 16.5. The Balaban J connectivity index is 1.81. The Labute approximate surface area is 150 Å². The van der Waals surface area contributed by atoms with Crippen LogP contribution in [-0.2, 0) is 6.54 Å². The summed E-state index contributed by atoms with van der Waals surface area (Å²) in [6.07, 6.45) is 7.24. The van der Waals surface area contributed by atoms with Crippen LogP contribution in [-0.4, -0.2) is 21.1 Å². The van der Waals surface area contributed by atoms with Crippen molar-refractivity contribution < 1.29 is 4.74 Å². The highest BCUT2D eigenvalue weighted by Crippen LogP contribution is 2.30. The van der Waals surface area contributed by atoms with Gasteiger partial charge in [-0.05, 0) is 31.2 Å². The molecule has 2 aromatic heterocycles. The molecule has 0 bridgehead atoms. The van der Waals surface area contributed by atoms with Crippen molar-refractivity contribution in [2.24, 2.45) is 5.92 Å². The van der Waals surface area contributed by atoms with Crippen LogP contribution in [0, 0.1) is 5.92 Å². The Morgan fingerprint density at radius 3 is 2.81 bits per heavy atom. The summed E-state index contributed by atoms with van der Waals surface area (Å²) < 4.78 is 7.27. The predicted octanol–water partition coefficient (Wildman–Crippen LogP) is 3.22. The summed E-state index contributed by atoms with van der Waals surface area (Å²) in [5, 5.41) is 1.17. The van der Waals surface area contributed by atoms with Gasteiger partial charge in [-0.2, -0.15) is 0 Å². The summed E-state index contributed by atoms with van der Waals surface area (Å²) in [7, 11) is 0. The lowest BCUT2D eigenvalue weighted by Gasteiger charge is -2.13. The Morgan fingerprint density at radius 1 is 1.23 bits per heavy atom. The molecule has 6 nitrogen and oxygen atoms in total. The zero-order valence-corrected chi connectivity index (χ0v) is 15.0. The van der Waals surface area contributed by atoms with Gasteiger partial charge in [0.2, 0.25) is 0 Å². The standard InChI is InChI=1S/C20H23N3O3/c1-2-10-23-19(24)15-11-21-18-14(17(15)22-20(23)25)8-5-9-16(18)26-12-13-6-3-4-7-13/h5,8-9,11,13H,2-4,6-7,10,12H2,1H3,(H,22,25). The van der Waals surface area contributed by atoms with E-state index in [1.54, 1.807) is 6.20 Å². The lowest BCUT2D eigenvalue weighted by Crippen LogP contribution is -2.35. The summed E-state index contributed by atoms with van der Waals surface area (Å²) in [5.74, 6) is 1.31. The van der Waals surface area contributed by atoms with Crippen LogP contribution in [0.4, 0.5) is 0 Å². The lowest BCUT2D eigenvalue weighted by molar-refractivity contribution is 0.254. The molecule has 1 aromatic carbocycles. The second-order valence-electron chi connectivity index (χ2n) is 7.05. The Bertz CT molecular complexity index is 1060. The number of nitrogens with one attached hydrogen (secondary N) is 1. The molecule has 0 amide bonds. The number of benzene rings is 1. The van der Waals surface area contributed by atoms with Gasteiger partial charge in [0, 0.05) is 18.1 Å². The average Bonchev–Trinajstić information content (AvgIpc) is 3.17.